The number of alkyl halides is 1. The summed E-state index contributed by atoms with van der Waals surface area (Å²) in [4.78, 5) is 0. The van der Waals surface area contributed by atoms with Crippen LogP contribution in [-0.4, -0.2) is 21.2 Å². The van der Waals surface area contributed by atoms with Crippen molar-refractivity contribution in [1.82, 2.24) is 15.1 Å². The topological polar surface area (TPSA) is 29.9 Å². The molecule has 1 heterocycles. The summed E-state index contributed by atoms with van der Waals surface area (Å²) in [6.45, 7) is 0.873. The van der Waals surface area contributed by atoms with Gasteiger partial charge in [-0.3, -0.25) is 4.68 Å². The SMILES string of the molecule is Cn1ccc(CNC2CCC(Cl)CC2)n1. The van der Waals surface area contributed by atoms with Crippen LogP contribution in [0.15, 0.2) is 12.3 Å². The molecule has 84 valence electrons. The van der Waals surface area contributed by atoms with Gasteiger partial charge in [-0.1, -0.05) is 0 Å². The lowest BCUT2D eigenvalue weighted by Crippen LogP contribution is -2.33. The van der Waals surface area contributed by atoms with E-state index in [1.165, 1.54) is 12.8 Å². The molecule has 0 aliphatic heterocycles. The normalized spacial score (nSPS) is 26.8. The van der Waals surface area contributed by atoms with E-state index in [1.807, 2.05) is 17.9 Å². The van der Waals surface area contributed by atoms with Crippen LogP contribution in [0.25, 0.3) is 0 Å². The van der Waals surface area contributed by atoms with Crippen molar-refractivity contribution in [2.45, 2.75) is 43.6 Å². The van der Waals surface area contributed by atoms with Crippen molar-refractivity contribution < 1.29 is 0 Å². The molecule has 0 radical (unpaired) electrons. The first-order chi connectivity index (χ1) is 7.24. The molecule has 15 heavy (non-hydrogen) atoms. The summed E-state index contributed by atoms with van der Waals surface area (Å²) in [5.41, 5.74) is 1.12. The van der Waals surface area contributed by atoms with E-state index >= 15 is 0 Å². The third kappa shape index (κ3) is 3.21. The largest absolute Gasteiger partial charge is 0.308 e. The van der Waals surface area contributed by atoms with Gasteiger partial charge in [-0.25, -0.2) is 0 Å². The van der Waals surface area contributed by atoms with Crippen molar-refractivity contribution in [2.24, 2.45) is 7.05 Å². The Morgan fingerprint density at radius 1 is 1.47 bits per heavy atom. The molecule has 0 spiro atoms. The average Bonchev–Trinajstić information content (AvgIpc) is 2.64. The number of hydrogen-bond donors (Lipinski definition) is 1. The zero-order valence-corrected chi connectivity index (χ0v) is 9.87. The number of hydrogen-bond acceptors (Lipinski definition) is 2. The lowest BCUT2D eigenvalue weighted by Gasteiger charge is -2.25. The van der Waals surface area contributed by atoms with Gasteiger partial charge in [-0.15, -0.1) is 11.6 Å². The van der Waals surface area contributed by atoms with Crippen molar-refractivity contribution in [3.63, 3.8) is 0 Å². The summed E-state index contributed by atoms with van der Waals surface area (Å²) in [5, 5.41) is 8.28. The molecule has 1 aromatic rings. The number of nitrogens with one attached hydrogen (secondary N) is 1. The van der Waals surface area contributed by atoms with Crippen LogP contribution < -0.4 is 5.32 Å². The molecule has 0 bridgehead atoms. The van der Waals surface area contributed by atoms with Gasteiger partial charge in [0.05, 0.1) is 5.69 Å². The van der Waals surface area contributed by atoms with Crippen molar-refractivity contribution in [3.05, 3.63) is 18.0 Å². The lowest BCUT2D eigenvalue weighted by molar-refractivity contribution is 0.374. The Labute approximate surface area is 95.8 Å². The van der Waals surface area contributed by atoms with E-state index in [0.717, 1.165) is 25.1 Å². The first-order valence-corrected chi connectivity index (χ1v) is 6.03. The second-order valence-electron chi connectivity index (χ2n) is 4.31. The van der Waals surface area contributed by atoms with E-state index in [2.05, 4.69) is 16.5 Å². The van der Waals surface area contributed by atoms with Gasteiger partial charge in [0.15, 0.2) is 0 Å². The van der Waals surface area contributed by atoms with Crippen LogP contribution >= 0.6 is 11.6 Å². The second kappa shape index (κ2) is 4.99. The molecule has 0 saturated heterocycles. The summed E-state index contributed by atoms with van der Waals surface area (Å²) >= 11 is 6.06. The molecule has 0 atom stereocenters. The minimum Gasteiger partial charge on any atom is -0.308 e. The zero-order chi connectivity index (χ0) is 10.7. The molecule has 1 aromatic heterocycles. The van der Waals surface area contributed by atoms with Crippen LogP contribution in [0.4, 0.5) is 0 Å². The second-order valence-corrected chi connectivity index (χ2v) is 4.93. The molecular weight excluding hydrogens is 210 g/mol. The molecule has 1 aliphatic rings. The highest BCUT2D eigenvalue weighted by molar-refractivity contribution is 6.20. The maximum atomic E-state index is 6.06. The van der Waals surface area contributed by atoms with E-state index in [9.17, 15) is 0 Å². The molecule has 1 saturated carbocycles. The van der Waals surface area contributed by atoms with Gasteiger partial charge in [0.1, 0.15) is 0 Å². The van der Waals surface area contributed by atoms with Crippen LogP contribution in [0.5, 0.6) is 0 Å². The fourth-order valence-electron chi connectivity index (χ4n) is 2.06. The molecule has 2 rings (SSSR count). The van der Waals surface area contributed by atoms with Gasteiger partial charge in [-0.05, 0) is 31.7 Å². The van der Waals surface area contributed by atoms with E-state index in [-0.39, 0.29) is 0 Å². The predicted octanol–water partition coefficient (Wildman–Crippen LogP) is 2.06. The first kappa shape index (κ1) is 11.0. The highest BCUT2D eigenvalue weighted by Gasteiger charge is 2.18. The summed E-state index contributed by atoms with van der Waals surface area (Å²) < 4.78 is 1.84. The highest BCUT2D eigenvalue weighted by Crippen LogP contribution is 2.22. The Balaban J connectivity index is 1.74. The third-order valence-corrected chi connectivity index (χ3v) is 3.43. The summed E-state index contributed by atoms with van der Waals surface area (Å²) in [5.74, 6) is 0. The van der Waals surface area contributed by atoms with Gasteiger partial charge in [0.2, 0.25) is 0 Å². The Kier molecular flexibility index (Phi) is 3.65. The smallest absolute Gasteiger partial charge is 0.0762 e. The zero-order valence-electron chi connectivity index (χ0n) is 9.12. The standard InChI is InChI=1S/C11H18ClN3/c1-15-7-6-11(14-15)8-13-10-4-2-9(12)3-5-10/h6-7,9-10,13H,2-5,8H2,1H3. The number of rotatable bonds is 3. The molecule has 0 aromatic carbocycles. The minimum absolute atomic E-state index is 0.401. The molecule has 3 nitrogen and oxygen atoms in total. The van der Waals surface area contributed by atoms with Crippen LogP contribution in [0.1, 0.15) is 31.4 Å². The molecule has 1 fully saturated rings. The molecule has 1 N–H and O–H groups in total. The monoisotopic (exact) mass is 227 g/mol. The van der Waals surface area contributed by atoms with Crippen LogP contribution in [0, 0.1) is 0 Å². The van der Waals surface area contributed by atoms with Gasteiger partial charge in [0, 0.05) is 31.2 Å². The molecule has 1 aliphatic carbocycles. The highest BCUT2D eigenvalue weighted by atomic mass is 35.5. The van der Waals surface area contributed by atoms with Gasteiger partial charge < -0.3 is 5.32 Å². The summed E-state index contributed by atoms with van der Waals surface area (Å²) in [6.07, 6.45) is 6.65. The molecule has 4 heteroatoms. The quantitative estimate of drug-likeness (QED) is 0.802. The Bertz CT molecular complexity index is 303. The first-order valence-electron chi connectivity index (χ1n) is 5.60. The molecular formula is C11H18ClN3. The molecule has 0 amide bonds. The van der Waals surface area contributed by atoms with E-state index in [1.54, 1.807) is 0 Å². The van der Waals surface area contributed by atoms with Crippen molar-refractivity contribution in [3.8, 4) is 0 Å². The fourth-order valence-corrected chi connectivity index (χ4v) is 2.32. The predicted molar refractivity (Wildman–Crippen MR) is 61.9 cm³/mol. The van der Waals surface area contributed by atoms with Crippen molar-refractivity contribution in [2.75, 3.05) is 0 Å². The Morgan fingerprint density at radius 2 is 2.20 bits per heavy atom. The van der Waals surface area contributed by atoms with Crippen LogP contribution in [-0.2, 0) is 13.6 Å². The van der Waals surface area contributed by atoms with E-state index in [0.29, 0.717) is 11.4 Å². The fraction of sp³-hybridized carbons (Fsp3) is 0.727. The lowest BCUT2D eigenvalue weighted by atomic mass is 9.95. The Hall–Kier alpha value is -0.540. The maximum absolute atomic E-state index is 6.06. The summed E-state index contributed by atoms with van der Waals surface area (Å²) in [6, 6.07) is 2.68. The van der Waals surface area contributed by atoms with Gasteiger partial charge in [0.25, 0.3) is 0 Å². The van der Waals surface area contributed by atoms with Crippen LogP contribution in [0.3, 0.4) is 0 Å². The van der Waals surface area contributed by atoms with Crippen molar-refractivity contribution in [1.29, 1.82) is 0 Å². The van der Waals surface area contributed by atoms with E-state index in [4.69, 9.17) is 11.6 Å². The number of aryl methyl sites for hydroxylation is 1. The van der Waals surface area contributed by atoms with Crippen molar-refractivity contribution >= 4 is 11.6 Å². The average molecular weight is 228 g/mol. The Morgan fingerprint density at radius 3 is 2.80 bits per heavy atom. The minimum atomic E-state index is 0.401. The number of nitrogens with zero attached hydrogens (tertiary/aromatic N) is 2. The molecule has 0 unspecified atom stereocenters. The van der Waals surface area contributed by atoms with Gasteiger partial charge >= 0.3 is 0 Å². The third-order valence-electron chi connectivity index (χ3n) is 3.00. The summed E-state index contributed by atoms with van der Waals surface area (Å²) in [7, 11) is 1.95. The van der Waals surface area contributed by atoms with Gasteiger partial charge in [-0.2, -0.15) is 5.10 Å². The number of halogens is 1. The van der Waals surface area contributed by atoms with E-state index < -0.39 is 0 Å². The maximum Gasteiger partial charge on any atom is 0.0762 e. The van der Waals surface area contributed by atoms with Crippen LogP contribution in [0.2, 0.25) is 0 Å². The number of aromatic nitrogens is 2.